The fraction of sp³-hybridized carbons (Fsp3) is 0.0714. The molecule has 2 aromatic rings. The Morgan fingerprint density at radius 2 is 2.16 bits per heavy atom. The number of nitrogens with zero attached hydrogens (tertiary/aromatic N) is 2. The van der Waals surface area contributed by atoms with Gasteiger partial charge in [0.1, 0.15) is 0 Å². The number of rotatable bonds is 4. The van der Waals surface area contributed by atoms with Crippen LogP contribution < -0.4 is 5.56 Å². The maximum absolute atomic E-state index is 11.5. The van der Waals surface area contributed by atoms with Gasteiger partial charge in [-0.25, -0.2) is 9.48 Å². The van der Waals surface area contributed by atoms with Gasteiger partial charge in [0.05, 0.1) is 6.54 Å². The molecule has 0 saturated heterocycles. The maximum atomic E-state index is 11.5. The van der Waals surface area contributed by atoms with Crippen molar-refractivity contribution in [2.45, 2.75) is 6.54 Å². The smallest absolute Gasteiger partial charge is 0.328 e. The lowest BCUT2D eigenvalue weighted by Crippen LogP contribution is -2.21. The van der Waals surface area contributed by atoms with Crippen molar-refractivity contribution < 1.29 is 9.90 Å². The summed E-state index contributed by atoms with van der Waals surface area (Å²) in [6.45, 7) is 0.356. The monoisotopic (exact) mass is 256 g/mol. The summed E-state index contributed by atoms with van der Waals surface area (Å²) < 4.78 is 1.35. The minimum Gasteiger partial charge on any atom is -0.478 e. The van der Waals surface area contributed by atoms with Crippen molar-refractivity contribution in [3.05, 3.63) is 70.2 Å². The van der Waals surface area contributed by atoms with Gasteiger partial charge in [-0.3, -0.25) is 4.79 Å². The highest BCUT2D eigenvalue weighted by Crippen LogP contribution is 2.07. The van der Waals surface area contributed by atoms with Crippen LogP contribution in [0.15, 0.2) is 53.5 Å². The molecule has 0 fully saturated rings. The lowest BCUT2D eigenvalue weighted by molar-refractivity contribution is -0.131. The molecule has 0 aliphatic carbocycles. The van der Waals surface area contributed by atoms with E-state index in [9.17, 15) is 9.59 Å². The normalized spacial score (nSPS) is 10.7. The van der Waals surface area contributed by atoms with Crippen LogP contribution >= 0.6 is 0 Å². The van der Waals surface area contributed by atoms with E-state index in [2.05, 4.69) is 5.10 Å². The van der Waals surface area contributed by atoms with Gasteiger partial charge < -0.3 is 5.11 Å². The number of aromatic nitrogens is 2. The first-order valence-corrected chi connectivity index (χ1v) is 5.67. The predicted octanol–water partition coefficient (Wildman–Crippen LogP) is 1.39. The summed E-state index contributed by atoms with van der Waals surface area (Å²) in [6, 6.07) is 10.3. The van der Waals surface area contributed by atoms with Crippen molar-refractivity contribution in [1.82, 2.24) is 9.78 Å². The molecule has 96 valence electrons. The molecule has 5 nitrogen and oxygen atoms in total. The van der Waals surface area contributed by atoms with Crippen molar-refractivity contribution in [2.75, 3.05) is 0 Å². The van der Waals surface area contributed by atoms with Gasteiger partial charge >= 0.3 is 5.97 Å². The summed E-state index contributed by atoms with van der Waals surface area (Å²) in [5.74, 6) is -0.994. The highest BCUT2D eigenvalue weighted by atomic mass is 16.4. The van der Waals surface area contributed by atoms with Crippen molar-refractivity contribution in [3.8, 4) is 0 Å². The zero-order valence-electron chi connectivity index (χ0n) is 10.1. The van der Waals surface area contributed by atoms with Crippen LogP contribution in [0.25, 0.3) is 6.08 Å². The lowest BCUT2D eigenvalue weighted by atomic mass is 10.1. The van der Waals surface area contributed by atoms with Crippen LogP contribution in [-0.4, -0.2) is 20.9 Å². The molecule has 1 aromatic carbocycles. The first-order valence-electron chi connectivity index (χ1n) is 5.67. The minimum absolute atomic E-state index is 0.172. The molecule has 1 N–H and O–H groups in total. The van der Waals surface area contributed by atoms with Gasteiger partial charge in [0, 0.05) is 18.3 Å². The van der Waals surface area contributed by atoms with Gasteiger partial charge in [0.2, 0.25) is 0 Å². The van der Waals surface area contributed by atoms with Crippen LogP contribution in [-0.2, 0) is 11.3 Å². The van der Waals surface area contributed by atoms with Gasteiger partial charge in [-0.15, -0.1) is 0 Å². The first kappa shape index (κ1) is 12.8. The van der Waals surface area contributed by atoms with Crippen molar-refractivity contribution >= 4 is 12.0 Å². The Morgan fingerprint density at radius 1 is 1.32 bits per heavy atom. The van der Waals surface area contributed by atoms with Crippen molar-refractivity contribution in [2.24, 2.45) is 0 Å². The summed E-state index contributed by atoms with van der Waals surface area (Å²) in [7, 11) is 0. The number of hydrogen-bond acceptors (Lipinski definition) is 3. The van der Waals surface area contributed by atoms with Crippen LogP contribution in [0.3, 0.4) is 0 Å². The molecular weight excluding hydrogens is 244 g/mol. The van der Waals surface area contributed by atoms with E-state index in [4.69, 9.17) is 5.11 Å². The Morgan fingerprint density at radius 3 is 2.89 bits per heavy atom. The molecule has 1 aromatic heterocycles. The molecule has 2 rings (SSSR count). The second-order valence-corrected chi connectivity index (χ2v) is 3.94. The van der Waals surface area contributed by atoms with Gasteiger partial charge in [-0.05, 0) is 29.3 Å². The van der Waals surface area contributed by atoms with E-state index in [0.29, 0.717) is 6.54 Å². The first-order chi connectivity index (χ1) is 9.15. The summed E-state index contributed by atoms with van der Waals surface area (Å²) in [6.07, 6.45) is 4.13. The van der Waals surface area contributed by atoms with Gasteiger partial charge in [-0.2, -0.15) is 5.10 Å². The number of carboxylic acids is 1. The molecule has 0 amide bonds. The van der Waals surface area contributed by atoms with Crippen LogP contribution in [0.5, 0.6) is 0 Å². The molecule has 0 bridgehead atoms. The molecule has 0 atom stereocenters. The largest absolute Gasteiger partial charge is 0.478 e. The van der Waals surface area contributed by atoms with E-state index in [0.717, 1.165) is 17.2 Å². The number of carboxylic acid groups (broad SMARTS) is 1. The Bertz CT molecular complexity index is 674. The average molecular weight is 256 g/mol. The zero-order chi connectivity index (χ0) is 13.7. The Hall–Kier alpha value is -2.69. The standard InChI is InChI=1S/C14H12N2O3/c17-13-5-2-8-15-16(13)10-12-4-1-3-11(9-12)6-7-14(18)19/h1-9H,10H2,(H,18,19)/b7-6+. The fourth-order valence-corrected chi connectivity index (χ4v) is 1.64. The number of benzene rings is 1. The van der Waals surface area contributed by atoms with Gasteiger partial charge in [0.15, 0.2) is 0 Å². The van der Waals surface area contributed by atoms with Crippen LogP contribution in [0, 0.1) is 0 Å². The average Bonchev–Trinajstić information content (AvgIpc) is 2.40. The Kier molecular flexibility index (Phi) is 3.87. The highest BCUT2D eigenvalue weighted by Gasteiger charge is 1.99. The molecule has 5 heteroatoms. The summed E-state index contributed by atoms with van der Waals surface area (Å²) >= 11 is 0. The second kappa shape index (κ2) is 5.77. The van der Waals surface area contributed by atoms with E-state index >= 15 is 0 Å². The second-order valence-electron chi connectivity index (χ2n) is 3.94. The SMILES string of the molecule is O=C(O)/C=C/c1cccc(Cn2ncccc2=O)c1. The minimum atomic E-state index is -0.994. The number of hydrogen-bond donors (Lipinski definition) is 1. The van der Waals surface area contributed by atoms with E-state index in [1.165, 1.54) is 16.8 Å². The molecule has 0 spiro atoms. The van der Waals surface area contributed by atoms with Gasteiger partial charge in [0.25, 0.3) is 5.56 Å². The molecule has 19 heavy (non-hydrogen) atoms. The Balaban J connectivity index is 2.22. The summed E-state index contributed by atoms with van der Waals surface area (Å²) in [4.78, 5) is 22.0. The Labute approximate surface area is 109 Å². The third-order valence-corrected chi connectivity index (χ3v) is 2.49. The predicted molar refractivity (Wildman–Crippen MR) is 70.7 cm³/mol. The van der Waals surface area contributed by atoms with E-state index in [1.54, 1.807) is 18.3 Å². The van der Waals surface area contributed by atoms with Gasteiger partial charge in [-0.1, -0.05) is 18.2 Å². The summed E-state index contributed by atoms with van der Waals surface area (Å²) in [5, 5.41) is 12.5. The van der Waals surface area contributed by atoms with Crippen LogP contribution in [0.1, 0.15) is 11.1 Å². The molecular formula is C14H12N2O3. The molecule has 0 aliphatic heterocycles. The quantitative estimate of drug-likeness (QED) is 0.839. The van der Waals surface area contributed by atoms with Crippen LogP contribution in [0.4, 0.5) is 0 Å². The molecule has 0 aliphatic rings. The third-order valence-electron chi connectivity index (χ3n) is 2.49. The topological polar surface area (TPSA) is 72.2 Å². The summed E-state index contributed by atoms with van der Waals surface area (Å²) in [5.41, 5.74) is 1.48. The lowest BCUT2D eigenvalue weighted by Gasteiger charge is -2.04. The molecule has 0 saturated carbocycles. The number of carbonyl (C=O) groups is 1. The molecule has 0 radical (unpaired) electrons. The molecule has 1 heterocycles. The fourth-order valence-electron chi connectivity index (χ4n) is 1.64. The third kappa shape index (κ3) is 3.64. The van der Waals surface area contributed by atoms with Crippen LogP contribution in [0.2, 0.25) is 0 Å². The molecule has 0 unspecified atom stereocenters. The van der Waals surface area contributed by atoms with E-state index in [-0.39, 0.29) is 5.56 Å². The zero-order valence-corrected chi connectivity index (χ0v) is 10.1. The number of aliphatic carboxylic acids is 1. The van der Waals surface area contributed by atoms with E-state index in [1.807, 2.05) is 18.2 Å². The highest BCUT2D eigenvalue weighted by molar-refractivity contribution is 5.85. The van der Waals surface area contributed by atoms with Crippen molar-refractivity contribution in [3.63, 3.8) is 0 Å². The maximum Gasteiger partial charge on any atom is 0.328 e. The van der Waals surface area contributed by atoms with Crippen molar-refractivity contribution in [1.29, 1.82) is 0 Å². The van der Waals surface area contributed by atoms with E-state index < -0.39 is 5.97 Å².